The van der Waals surface area contributed by atoms with E-state index in [1.54, 1.807) is 0 Å². The number of carboxylic acid groups (broad SMARTS) is 1. The highest BCUT2D eigenvalue weighted by atomic mass is 16.4. The predicted molar refractivity (Wildman–Crippen MR) is 59.7 cm³/mol. The molecule has 0 spiro atoms. The number of carbonyl (C=O) groups is 1. The monoisotopic (exact) mass is 236 g/mol. The first-order valence-electron chi connectivity index (χ1n) is 4.78. The quantitative estimate of drug-likeness (QED) is 0.549. The maximum atomic E-state index is 10.7. The molecule has 1 atom stereocenters. The summed E-state index contributed by atoms with van der Waals surface area (Å²) in [6.45, 7) is 0.747. The molecular formula is C12H12O5. The standard InChI is InChI=1S/C12H12O5/c1-12(17,7-13)5-4-8-6-9(11(15)16)2-3-10(8)14/h2-3,6,13-14,17H,7H2,1H3,(H,15,16)/t12-/m0/s1. The average molecular weight is 236 g/mol. The van der Waals surface area contributed by atoms with Gasteiger partial charge in [-0.1, -0.05) is 11.8 Å². The molecule has 5 heteroatoms. The number of carboxylic acids is 1. The zero-order chi connectivity index (χ0) is 13.1. The van der Waals surface area contributed by atoms with Gasteiger partial charge in [0, 0.05) is 0 Å². The number of aliphatic hydroxyl groups excluding tert-OH is 1. The molecule has 0 fully saturated rings. The lowest BCUT2D eigenvalue weighted by atomic mass is 10.1. The number of phenolic OH excluding ortho intramolecular Hbond substituents is 1. The molecule has 5 nitrogen and oxygen atoms in total. The normalized spacial score (nSPS) is 13.4. The fourth-order valence-electron chi connectivity index (χ4n) is 1.01. The summed E-state index contributed by atoms with van der Waals surface area (Å²) in [7, 11) is 0. The Morgan fingerprint density at radius 3 is 2.65 bits per heavy atom. The topological polar surface area (TPSA) is 98.0 Å². The van der Waals surface area contributed by atoms with E-state index >= 15 is 0 Å². The minimum absolute atomic E-state index is 0.0178. The Morgan fingerprint density at radius 2 is 2.12 bits per heavy atom. The smallest absolute Gasteiger partial charge is 0.335 e. The summed E-state index contributed by atoms with van der Waals surface area (Å²) in [6.07, 6.45) is 0. The molecule has 0 aromatic heterocycles. The second kappa shape index (κ2) is 4.87. The Morgan fingerprint density at radius 1 is 1.47 bits per heavy atom. The average Bonchev–Trinajstić information content (AvgIpc) is 2.27. The van der Waals surface area contributed by atoms with Gasteiger partial charge in [0.25, 0.3) is 0 Å². The Labute approximate surface area is 98.0 Å². The molecule has 0 aliphatic carbocycles. The zero-order valence-corrected chi connectivity index (χ0v) is 9.14. The van der Waals surface area contributed by atoms with Crippen molar-refractivity contribution in [3.63, 3.8) is 0 Å². The highest BCUT2D eigenvalue weighted by Crippen LogP contribution is 2.17. The predicted octanol–water partition coefficient (Wildman–Crippen LogP) is 0.185. The highest BCUT2D eigenvalue weighted by Gasteiger charge is 2.14. The van der Waals surface area contributed by atoms with Crippen LogP contribution in [0, 0.1) is 11.8 Å². The molecule has 0 aliphatic heterocycles. The van der Waals surface area contributed by atoms with E-state index in [0.717, 1.165) is 0 Å². The van der Waals surface area contributed by atoms with E-state index in [4.69, 9.17) is 10.2 Å². The van der Waals surface area contributed by atoms with Gasteiger partial charge in [-0.15, -0.1) is 0 Å². The van der Waals surface area contributed by atoms with Crippen molar-refractivity contribution in [1.29, 1.82) is 0 Å². The Hall–Kier alpha value is -2.03. The second-order valence-corrected chi connectivity index (χ2v) is 3.72. The third kappa shape index (κ3) is 3.48. The van der Waals surface area contributed by atoms with E-state index in [-0.39, 0.29) is 16.9 Å². The van der Waals surface area contributed by atoms with Crippen molar-refractivity contribution < 1.29 is 25.2 Å². The van der Waals surface area contributed by atoms with Crippen molar-refractivity contribution in [3.05, 3.63) is 29.3 Å². The summed E-state index contributed by atoms with van der Waals surface area (Å²) >= 11 is 0. The van der Waals surface area contributed by atoms with Crippen molar-refractivity contribution in [2.75, 3.05) is 6.61 Å². The Bertz CT molecular complexity index is 493. The van der Waals surface area contributed by atoms with Gasteiger partial charge < -0.3 is 20.4 Å². The van der Waals surface area contributed by atoms with Crippen LogP contribution >= 0.6 is 0 Å². The fourth-order valence-corrected chi connectivity index (χ4v) is 1.01. The van der Waals surface area contributed by atoms with Gasteiger partial charge in [-0.05, 0) is 25.1 Å². The summed E-state index contributed by atoms with van der Waals surface area (Å²) in [6, 6.07) is 3.65. The molecular weight excluding hydrogens is 224 g/mol. The number of aliphatic hydroxyl groups is 2. The fraction of sp³-hybridized carbons (Fsp3) is 0.250. The SMILES string of the molecule is C[C@](O)(C#Cc1cc(C(=O)O)ccc1O)CO. The van der Waals surface area contributed by atoms with Gasteiger partial charge in [0.05, 0.1) is 17.7 Å². The van der Waals surface area contributed by atoms with Gasteiger partial charge in [0.1, 0.15) is 11.4 Å². The van der Waals surface area contributed by atoms with Gasteiger partial charge in [-0.2, -0.15) is 0 Å². The van der Waals surface area contributed by atoms with Gasteiger partial charge >= 0.3 is 5.97 Å². The first-order chi connectivity index (χ1) is 7.85. The van der Waals surface area contributed by atoms with E-state index < -0.39 is 18.2 Å². The molecule has 0 heterocycles. The van der Waals surface area contributed by atoms with E-state index in [2.05, 4.69) is 11.8 Å². The van der Waals surface area contributed by atoms with Crippen molar-refractivity contribution in [1.82, 2.24) is 0 Å². The summed E-state index contributed by atoms with van der Waals surface area (Å²) in [5.41, 5.74) is -1.53. The molecule has 1 aromatic rings. The molecule has 0 aliphatic rings. The summed E-state index contributed by atoms with van der Waals surface area (Å²) < 4.78 is 0. The third-order valence-electron chi connectivity index (χ3n) is 2.02. The number of hydrogen-bond donors (Lipinski definition) is 4. The van der Waals surface area contributed by atoms with Gasteiger partial charge in [-0.3, -0.25) is 0 Å². The largest absolute Gasteiger partial charge is 0.507 e. The number of hydrogen-bond acceptors (Lipinski definition) is 4. The number of aromatic hydroxyl groups is 1. The molecule has 0 bridgehead atoms. The van der Waals surface area contributed by atoms with E-state index in [0.29, 0.717) is 0 Å². The Balaban J connectivity index is 3.14. The summed E-state index contributed by atoms with van der Waals surface area (Å²) in [4.78, 5) is 10.7. The van der Waals surface area contributed by atoms with Crippen LogP contribution in [-0.4, -0.2) is 38.6 Å². The zero-order valence-electron chi connectivity index (χ0n) is 9.14. The molecule has 17 heavy (non-hydrogen) atoms. The lowest BCUT2D eigenvalue weighted by molar-refractivity contribution is 0.0519. The molecule has 4 N–H and O–H groups in total. The van der Waals surface area contributed by atoms with Crippen LogP contribution in [0.5, 0.6) is 5.75 Å². The minimum Gasteiger partial charge on any atom is -0.507 e. The van der Waals surface area contributed by atoms with Crippen molar-refractivity contribution in [2.45, 2.75) is 12.5 Å². The molecule has 1 rings (SSSR count). The number of aromatic carboxylic acids is 1. The van der Waals surface area contributed by atoms with Gasteiger partial charge in [0.2, 0.25) is 0 Å². The van der Waals surface area contributed by atoms with E-state index in [1.165, 1.54) is 25.1 Å². The van der Waals surface area contributed by atoms with Crippen LogP contribution in [0.3, 0.4) is 0 Å². The maximum Gasteiger partial charge on any atom is 0.335 e. The van der Waals surface area contributed by atoms with Crippen molar-refractivity contribution in [2.24, 2.45) is 0 Å². The van der Waals surface area contributed by atoms with Crippen molar-refractivity contribution >= 4 is 5.97 Å². The van der Waals surface area contributed by atoms with Crippen LogP contribution in [0.4, 0.5) is 0 Å². The first-order valence-corrected chi connectivity index (χ1v) is 4.78. The first kappa shape index (κ1) is 13.0. The maximum absolute atomic E-state index is 10.7. The molecule has 0 amide bonds. The van der Waals surface area contributed by atoms with Crippen LogP contribution < -0.4 is 0 Å². The molecule has 0 saturated heterocycles. The van der Waals surface area contributed by atoms with Crippen molar-refractivity contribution in [3.8, 4) is 17.6 Å². The molecule has 0 radical (unpaired) electrons. The van der Waals surface area contributed by atoms with Crippen LogP contribution in [0.2, 0.25) is 0 Å². The number of rotatable bonds is 2. The van der Waals surface area contributed by atoms with Crippen LogP contribution in [-0.2, 0) is 0 Å². The van der Waals surface area contributed by atoms with Crippen LogP contribution in [0.25, 0.3) is 0 Å². The summed E-state index contributed by atoms with van der Waals surface area (Å²) in [5, 5.41) is 36.4. The number of phenols is 1. The molecule has 1 aromatic carbocycles. The highest BCUT2D eigenvalue weighted by molar-refractivity contribution is 5.88. The lowest BCUT2D eigenvalue weighted by Gasteiger charge is -2.10. The molecule has 0 unspecified atom stereocenters. The molecule has 0 saturated carbocycles. The minimum atomic E-state index is -1.59. The van der Waals surface area contributed by atoms with Crippen LogP contribution in [0.1, 0.15) is 22.8 Å². The number of benzene rings is 1. The third-order valence-corrected chi connectivity index (χ3v) is 2.02. The lowest BCUT2D eigenvalue weighted by Crippen LogP contribution is -2.26. The van der Waals surface area contributed by atoms with Gasteiger partial charge in [0.15, 0.2) is 0 Å². The van der Waals surface area contributed by atoms with Crippen LogP contribution in [0.15, 0.2) is 18.2 Å². The Kier molecular flexibility index (Phi) is 3.73. The van der Waals surface area contributed by atoms with Gasteiger partial charge in [-0.25, -0.2) is 4.79 Å². The van der Waals surface area contributed by atoms with E-state index in [1.807, 2.05) is 0 Å². The van der Waals surface area contributed by atoms with E-state index in [9.17, 15) is 15.0 Å². The second-order valence-electron chi connectivity index (χ2n) is 3.72. The summed E-state index contributed by atoms with van der Waals surface area (Å²) in [5.74, 6) is 3.44. The molecule has 90 valence electrons.